The molecule has 4 nitrogen and oxygen atoms in total. The van der Waals surface area contributed by atoms with Gasteiger partial charge < -0.3 is 10.2 Å². The van der Waals surface area contributed by atoms with E-state index in [4.69, 9.17) is 11.6 Å². The van der Waals surface area contributed by atoms with Crippen molar-refractivity contribution in [1.82, 2.24) is 4.90 Å². The Hall–Kier alpha value is -2.33. The highest BCUT2D eigenvalue weighted by Gasteiger charge is 2.27. The van der Waals surface area contributed by atoms with Crippen LogP contribution in [-0.4, -0.2) is 29.8 Å². The molecule has 2 aromatic rings. The first-order valence-corrected chi connectivity index (χ1v) is 9.30. The standard InChI is InChI=1S/C21H23ClN2O2/c1-15-18(22)8-5-9-19(15)23-21(26)17-10-12-24(13-11-17)20(25)14-16-6-3-2-4-7-16/h2-9,17H,10-14H2,1H3,(H,23,26). The molecule has 5 heteroatoms. The fourth-order valence-electron chi connectivity index (χ4n) is 3.25. The number of halogens is 1. The van der Waals surface area contributed by atoms with E-state index in [1.54, 1.807) is 0 Å². The molecule has 0 bridgehead atoms. The number of likely N-dealkylation sites (tertiary alicyclic amines) is 1. The molecule has 1 fully saturated rings. The van der Waals surface area contributed by atoms with Gasteiger partial charge in [-0.1, -0.05) is 48.0 Å². The van der Waals surface area contributed by atoms with Crippen LogP contribution in [-0.2, 0) is 16.0 Å². The zero-order valence-corrected chi connectivity index (χ0v) is 15.6. The molecule has 0 aromatic heterocycles. The molecule has 0 saturated carbocycles. The molecular formula is C21H23ClN2O2. The lowest BCUT2D eigenvalue weighted by Crippen LogP contribution is -2.42. The van der Waals surface area contributed by atoms with E-state index in [1.807, 2.05) is 60.4 Å². The van der Waals surface area contributed by atoms with Gasteiger partial charge in [-0.15, -0.1) is 0 Å². The molecule has 1 saturated heterocycles. The highest BCUT2D eigenvalue weighted by Crippen LogP contribution is 2.25. The second kappa shape index (κ2) is 8.37. The lowest BCUT2D eigenvalue weighted by molar-refractivity contribution is -0.133. The summed E-state index contributed by atoms with van der Waals surface area (Å²) in [6.45, 7) is 3.14. The van der Waals surface area contributed by atoms with E-state index in [0.717, 1.165) is 16.8 Å². The summed E-state index contributed by atoms with van der Waals surface area (Å²) in [7, 11) is 0. The number of carbonyl (C=O) groups is 2. The van der Waals surface area contributed by atoms with Crippen LogP contribution in [0.15, 0.2) is 48.5 Å². The molecule has 0 aliphatic carbocycles. The number of amides is 2. The van der Waals surface area contributed by atoms with Gasteiger partial charge >= 0.3 is 0 Å². The SMILES string of the molecule is Cc1c(Cl)cccc1NC(=O)C1CCN(C(=O)Cc2ccccc2)CC1. The summed E-state index contributed by atoms with van der Waals surface area (Å²) in [6.07, 6.45) is 1.79. The number of nitrogens with zero attached hydrogens (tertiary/aromatic N) is 1. The molecule has 2 aromatic carbocycles. The van der Waals surface area contributed by atoms with Crippen LogP contribution in [0.25, 0.3) is 0 Å². The van der Waals surface area contributed by atoms with Crippen LogP contribution >= 0.6 is 11.6 Å². The predicted octanol–water partition coefficient (Wildman–Crippen LogP) is 4.07. The van der Waals surface area contributed by atoms with Crippen LogP contribution in [0.2, 0.25) is 5.02 Å². The molecule has 26 heavy (non-hydrogen) atoms. The Bertz CT molecular complexity index is 784. The number of carbonyl (C=O) groups excluding carboxylic acids is 2. The Balaban J connectivity index is 1.52. The van der Waals surface area contributed by atoms with Gasteiger partial charge in [0.15, 0.2) is 0 Å². The Kier molecular flexibility index (Phi) is 5.94. The minimum Gasteiger partial charge on any atom is -0.342 e. The van der Waals surface area contributed by atoms with Crippen molar-refractivity contribution >= 4 is 29.1 Å². The van der Waals surface area contributed by atoms with Gasteiger partial charge in [0.1, 0.15) is 0 Å². The van der Waals surface area contributed by atoms with E-state index in [0.29, 0.717) is 37.4 Å². The first-order chi connectivity index (χ1) is 12.5. The van der Waals surface area contributed by atoms with Gasteiger partial charge in [-0.2, -0.15) is 0 Å². The zero-order valence-electron chi connectivity index (χ0n) is 14.9. The largest absolute Gasteiger partial charge is 0.342 e. The first-order valence-electron chi connectivity index (χ1n) is 8.92. The van der Waals surface area contributed by atoms with Crippen molar-refractivity contribution in [2.75, 3.05) is 18.4 Å². The summed E-state index contributed by atoms with van der Waals surface area (Å²) in [5.74, 6) is 0.0559. The van der Waals surface area contributed by atoms with E-state index >= 15 is 0 Å². The summed E-state index contributed by atoms with van der Waals surface area (Å²) in [6, 6.07) is 15.3. The average Bonchev–Trinajstić information content (AvgIpc) is 2.66. The summed E-state index contributed by atoms with van der Waals surface area (Å²) in [5.41, 5.74) is 2.65. The third kappa shape index (κ3) is 4.44. The topological polar surface area (TPSA) is 49.4 Å². The molecule has 0 unspecified atom stereocenters. The predicted molar refractivity (Wildman–Crippen MR) is 104 cm³/mol. The zero-order chi connectivity index (χ0) is 18.5. The molecule has 3 rings (SSSR count). The number of piperidine rings is 1. The maximum absolute atomic E-state index is 12.5. The molecule has 0 spiro atoms. The molecule has 136 valence electrons. The molecule has 1 aliphatic rings. The van der Waals surface area contributed by atoms with Crippen molar-refractivity contribution in [2.24, 2.45) is 5.92 Å². The number of rotatable bonds is 4. The van der Waals surface area contributed by atoms with Gasteiger partial charge in [-0.25, -0.2) is 0 Å². The van der Waals surface area contributed by atoms with E-state index < -0.39 is 0 Å². The van der Waals surface area contributed by atoms with Crippen molar-refractivity contribution in [3.05, 3.63) is 64.7 Å². The van der Waals surface area contributed by atoms with Crippen LogP contribution in [0.4, 0.5) is 5.69 Å². The fourth-order valence-corrected chi connectivity index (χ4v) is 3.43. The molecule has 1 aliphatic heterocycles. The molecule has 2 amide bonds. The van der Waals surface area contributed by atoms with Crippen molar-refractivity contribution in [3.63, 3.8) is 0 Å². The molecule has 1 heterocycles. The Morgan fingerprint density at radius 1 is 1.08 bits per heavy atom. The molecule has 0 radical (unpaired) electrons. The summed E-state index contributed by atoms with van der Waals surface area (Å²) >= 11 is 6.11. The first kappa shape index (κ1) is 18.5. The highest BCUT2D eigenvalue weighted by atomic mass is 35.5. The van der Waals surface area contributed by atoms with Crippen LogP contribution in [0, 0.1) is 12.8 Å². The lowest BCUT2D eigenvalue weighted by atomic mass is 9.95. The van der Waals surface area contributed by atoms with E-state index in [1.165, 1.54) is 0 Å². The smallest absolute Gasteiger partial charge is 0.227 e. The molecular weight excluding hydrogens is 348 g/mol. The summed E-state index contributed by atoms with van der Waals surface area (Å²) in [5, 5.41) is 3.62. The van der Waals surface area contributed by atoms with E-state index in [-0.39, 0.29) is 17.7 Å². The maximum atomic E-state index is 12.5. The minimum atomic E-state index is -0.0749. The Morgan fingerprint density at radius 2 is 1.77 bits per heavy atom. The summed E-state index contributed by atoms with van der Waals surface area (Å²) in [4.78, 5) is 26.8. The van der Waals surface area contributed by atoms with Crippen LogP contribution < -0.4 is 5.32 Å². The van der Waals surface area contributed by atoms with Crippen molar-refractivity contribution in [3.8, 4) is 0 Å². The average molecular weight is 371 g/mol. The fraction of sp³-hybridized carbons (Fsp3) is 0.333. The van der Waals surface area contributed by atoms with Gasteiger partial charge in [0, 0.05) is 29.7 Å². The second-order valence-electron chi connectivity index (χ2n) is 6.72. The third-order valence-electron chi connectivity index (χ3n) is 4.94. The van der Waals surface area contributed by atoms with Gasteiger partial charge in [0.05, 0.1) is 6.42 Å². The van der Waals surface area contributed by atoms with Crippen LogP contribution in [0.3, 0.4) is 0 Å². The number of benzene rings is 2. The van der Waals surface area contributed by atoms with Gasteiger partial charge in [0.25, 0.3) is 0 Å². The Labute approximate surface area is 159 Å². The third-order valence-corrected chi connectivity index (χ3v) is 5.35. The van der Waals surface area contributed by atoms with Crippen LogP contribution in [0.1, 0.15) is 24.0 Å². The number of hydrogen-bond donors (Lipinski definition) is 1. The quantitative estimate of drug-likeness (QED) is 0.882. The van der Waals surface area contributed by atoms with Gasteiger partial charge in [-0.3, -0.25) is 9.59 Å². The monoisotopic (exact) mass is 370 g/mol. The minimum absolute atomic E-state index is 0.00512. The van der Waals surface area contributed by atoms with E-state index in [2.05, 4.69) is 5.32 Å². The van der Waals surface area contributed by atoms with Crippen molar-refractivity contribution < 1.29 is 9.59 Å². The number of nitrogens with one attached hydrogen (secondary N) is 1. The summed E-state index contributed by atoms with van der Waals surface area (Å²) < 4.78 is 0. The molecule has 0 atom stereocenters. The number of anilines is 1. The van der Waals surface area contributed by atoms with Gasteiger partial charge in [-0.05, 0) is 43.0 Å². The second-order valence-corrected chi connectivity index (χ2v) is 7.13. The lowest BCUT2D eigenvalue weighted by Gasteiger charge is -2.31. The molecule has 1 N–H and O–H groups in total. The number of hydrogen-bond acceptors (Lipinski definition) is 2. The normalized spacial score (nSPS) is 14.9. The van der Waals surface area contributed by atoms with Crippen molar-refractivity contribution in [2.45, 2.75) is 26.2 Å². The highest BCUT2D eigenvalue weighted by molar-refractivity contribution is 6.31. The van der Waals surface area contributed by atoms with E-state index in [9.17, 15) is 9.59 Å². The van der Waals surface area contributed by atoms with Crippen molar-refractivity contribution in [1.29, 1.82) is 0 Å². The van der Waals surface area contributed by atoms with Crippen LogP contribution in [0.5, 0.6) is 0 Å². The Morgan fingerprint density at radius 3 is 2.46 bits per heavy atom. The maximum Gasteiger partial charge on any atom is 0.227 e. The van der Waals surface area contributed by atoms with Gasteiger partial charge in [0.2, 0.25) is 11.8 Å².